The first-order valence-corrected chi connectivity index (χ1v) is 14.0. The highest BCUT2D eigenvalue weighted by Crippen LogP contribution is 2.36. The Morgan fingerprint density at radius 2 is 1.92 bits per heavy atom. The number of pyridine rings is 1. The first kappa shape index (κ1) is 25.1. The van der Waals surface area contributed by atoms with Crippen LogP contribution in [-0.2, 0) is 13.5 Å². The van der Waals surface area contributed by atoms with Crippen molar-refractivity contribution in [2.24, 2.45) is 7.05 Å². The van der Waals surface area contributed by atoms with Crippen molar-refractivity contribution in [2.45, 2.75) is 45.1 Å². The second-order valence-corrected chi connectivity index (χ2v) is 10.9. The number of nitrogens with zero attached hydrogens (tertiary/aromatic N) is 7. The van der Waals surface area contributed by atoms with Gasteiger partial charge in [0.05, 0.1) is 11.7 Å². The van der Waals surface area contributed by atoms with Gasteiger partial charge >= 0.3 is 0 Å². The molecule has 0 spiro atoms. The second kappa shape index (κ2) is 10.5. The third-order valence-electron chi connectivity index (χ3n) is 6.95. The van der Waals surface area contributed by atoms with Crippen LogP contribution in [0.2, 0.25) is 0 Å². The van der Waals surface area contributed by atoms with Gasteiger partial charge in [0.1, 0.15) is 16.4 Å². The predicted octanol–water partition coefficient (Wildman–Crippen LogP) is 5.62. The van der Waals surface area contributed by atoms with E-state index in [1.165, 1.54) is 5.56 Å². The number of carbonyl (C=O) groups excluding carboxylic acids is 1. The molecule has 10 heteroatoms. The van der Waals surface area contributed by atoms with E-state index in [2.05, 4.69) is 39.3 Å². The van der Waals surface area contributed by atoms with Gasteiger partial charge in [-0.2, -0.15) is 5.10 Å². The maximum absolute atomic E-state index is 13.9. The smallest absolute Gasteiger partial charge is 0.266 e. The summed E-state index contributed by atoms with van der Waals surface area (Å²) in [4.78, 5) is 25.3. The number of carbonyl (C=O) groups is 1. The molecule has 0 bridgehead atoms. The van der Waals surface area contributed by atoms with Crippen LogP contribution in [0.3, 0.4) is 0 Å². The number of thiazole rings is 1. The van der Waals surface area contributed by atoms with E-state index in [-0.39, 0.29) is 23.8 Å². The summed E-state index contributed by atoms with van der Waals surface area (Å²) in [6, 6.07) is 15.6. The topological polar surface area (TPSA) is 103 Å². The molecule has 198 valence electrons. The molecule has 0 N–H and O–H groups in total. The van der Waals surface area contributed by atoms with E-state index in [1.54, 1.807) is 28.2 Å². The molecule has 1 fully saturated rings. The number of benzene rings is 1. The van der Waals surface area contributed by atoms with Gasteiger partial charge in [0.15, 0.2) is 0 Å². The largest absolute Gasteiger partial charge is 0.419 e. The minimum Gasteiger partial charge on any atom is -0.419 e. The fraction of sp³-hybridized carbons (Fsp3) is 0.310. The van der Waals surface area contributed by atoms with Crippen LogP contribution in [0.4, 0.5) is 0 Å². The van der Waals surface area contributed by atoms with Gasteiger partial charge in [-0.3, -0.25) is 9.48 Å². The fourth-order valence-corrected chi connectivity index (χ4v) is 5.94. The molecule has 4 aromatic heterocycles. The molecule has 39 heavy (non-hydrogen) atoms. The highest BCUT2D eigenvalue weighted by molar-refractivity contribution is 7.09. The first-order chi connectivity index (χ1) is 18.9. The zero-order valence-corrected chi connectivity index (χ0v) is 22.9. The molecule has 1 aliphatic heterocycles. The normalized spacial score (nSPS) is 16.1. The van der Waals surface area contributed by atoms with Crippen molar-refractivity contribution in [3.63, 3.8) is 0 Å². The summed E-state index contributed by atoms with van der Waals surface area (Å²) in [5, 5.41) is 16.2. The number of hydrogen-bond acceptors (Lipinski definition) is 8. The molecule has 1 aromatic carbocycles. The van der Waals surface area contributed by atoms with Crippen molar-refractivity contribution in [1.29, 1.82) is 0 Å². The van der Waals surface area contributed by atoms with E-state index >= 15 is 0 Å². The molecule has 2 atom stereocenters. The lowest BCUT2D eigenvalue weighted by atomic mass is 10.0. The summed E-state index contributed by atoms with van der Waals surface area (Å²) in [5.74, 6) is 0.778. The number of rotatable bonds is 7. The Morgan fingerprint density at radius 3 is 2.67 bits per heavy atom. The van der Waals surface area contributed by atoms with Crippen LogP contribution in [0.15, 0.2) is 64.5 Å². The van der Waals surface area contributed by atoms with Crippen molar-refractivity contribution in [1.82, 2.24) is 34.8 Å². The molecule has 6 rings (SSSR count). The molecule has 5 aromatic rings. The van der Waals surface area contributed by atoms with Crippen LogP contribution in [0.1, 0.15) is 64.2 Å². The Kier molecular flexibility index (Phi) is 6.78. The summed E-state index contributed by atoms with van der Waals surface area (Å²) in [5.41, 5.74) is 4.38. The van der Waals surface area contributed by atoms with Gasteiger partial charge in [0.25, 0.3) is 11.8 Å². The number of aryl methyl sites for hydroxylation is 2. The molecule has 1 aliphatic rings. The third kappa shape index (κ3) is 5.24. The molecular formula is C29H29N7O2S. The third-order valence-corrected chi connectivity index (χ3v) is 8.01. The highest BCUT2D eigenvalue weighted by atomic mass is 32.1. The molecule has 1 saturated heterocycles. The van der Waals surface area contributed by atoms with Gasteiger partial charge < -0.3 is 9.32 Å². The van der Waals surface area contributed by atoms with Gasteiger partial charge in [-0.05, 0) is 49.9 Å². The molecule has 0 aliphatic carbocycles. The summed E-state index contributed by atoms with van der Waals surface area (Å²) in [6.45, 7) is 4.72. The first-order valence-electron chi connectivity index (χ1n) is 13.1. The van der Waals surface area contributed by atoms with E-state index in [0.29, 0.717) is 35.1 Å². The van der Waals surface area contributed by atoms with E-state index < -0.39 is 0 Å². The van der Waals surface area contributed by atoms with Crippen LogP contribution in [0.5, 0.6) is 0 Å². The molecule has 0 saturated carbocycles. The molecule has 5 heterocycles. The average molecular weight is 540 g/mol. The average Bonchev–Trinajstić information content (AvgIpc) is 3.76. The summed E-state index contributed by atoms with van der Waals surface area (Å²) in [6.07, 6.45) is 4.46. The Labute approximate surface area is 230 Å². The predicted molar refractivity (Wildman–Crippen MR) is 148 cm³/mol. The van der Waals surface area contributed by atoms with Crippen LogP contribution < -0.4 is 0 Å². The Balaban J connectivity index is 1.34. The Bertz CT molecular complexity index is 1610. The molecule has 0 unspecified atom stereocenters. The van der Waals surface area contributed by atoms with Crippen molar-refractivity contribution in [3.8, 4) is 23.0 Å². The van der Waals surface area contributed by atoms with Crippen LogP contribution in [0.25, 0.3) is 23.0 Å². The SMILES string of the molecule is Cc1csc([C@H]2CCCN2C(=O)c2cc(-c3ccn(C)n3)nc(-c3nnc([C@@H](C)Cc4ccccc4)o3)c2)n1. The number of hydrogen-bond donors (Lipinski definition) is 0. The second-order valence-electron chi connectivity index (χ2n) is 10.0. The van der Waals surface area contributed by atoms with Crippen LogP contribution in [-0.4, -0.2) is 47.3 Å². The van der Waals surface area contributed by atoms with Gasteiger partial charge in [-0.15, -0.1) is 21.5 Å². The molecule has 0 radical (unpaired) electrons. The zero-order valence-electron chi connectivity index (χ0n) is 22.1. The van der Waals surface area contributed by atoms with Crippen molar-refractivity contribution in [2.75, 3.05) is 6.54 Å². The summed E-state index contributed by atoms with van der Waals surface area (Å²) < 4.78 is 7.82. The quantitative estimate of drug-likeness (QED) is 0.264. The lowest BCUT2D eigenvalue weighted by Crippen LogP contribution is -2.30. The number of likely N-dealkylation sites (tertiary alicyclic amines) is 1. The molecule has 1 amide bonds. The fourth-order valence-electron chi connectivity index (χ4n) is 5.00. The maximum atomic E-state index is 13.9. The monoisotopic (exact) mass is 539 g/mol. The number of amides is 1. The Morgan fingerprint density at radius 1 is 1.10 bits per heavy atom. The molecular weight excluding hydrogens is 510 g/mol. The van der Waals surface area contributed by atoms with E-state index in [9.17, 15) is 4.79 Å². The lowest BCUT2D eigenvalue weighted by molar-refractivity contribution is 0.0735. The van der Waals surface area contributed by atoms with E-state index in [4.69, 9.17) is 9.40 Å². The Hall–Kier alpha value is -4.18. The van der Waals surface area contributed by atoms with E-state index in [1.807, 2.05) is 54.7 Å². The van der Waals surface area contributed by atoms with Gasteiger partial charge in [0.2, 0.25) is 5.89 Å². The van der Waals surface area contributed by atoms with Crippen LogP contribution in [0, 0.1) is 6.92 Å². The van der Waals surface area contributed by atoms with Gasteiger partial charge in [0, 0.05) is 42.3 Å². The summed E-state index contributed by atoms with van der Waals surface area (Å²) >= 11 is 1.61. The standard InChI is InChI=1S/C29H29N7O2S/c1-18(14-20-8-5-4-6-9-20)26-32-33-27(38-26)24-16-21(15-23(31-24)22-11-13-35(3)34-22)29(37)36-12-7-10-25(36)28-30-19(2)17-39-28/h4-6,8-9,11,13,15-18,25H,7,10,12,14H2,1-3H3/t18-,25+/m0/s1. The summed E-state index contributed by atoms with van der Waals surface area (Å²) in [7, 11) is 1.85. The lowest BCUT2D eigenvalue weighted by Gasteiger charge is -2.23. The maximum Gasteiger partial charge on any atom is 0.266 e. The highest BCUT2D eigenvalue weighted by Gasteiger charge is 2.33. The van der Waals surface area contributed by atoms with Crippen molar-refractivity contribution >= 4 is 17.2 Å². The van der Waals surface area contributed by atoms with Gasteiger partial charge in [-0.1, -0.05) is 37.3 Å². The van der Waals surface area contributed by atoms with Crippen molar-refractivity contribution in [3.05, 3.63) is 87.8 Å². The number of aromatic nitrogens is 6. The minimum atomic E-state index is -0.0663. The zero-order chi connectivity index (χ0) is 26.9. The minimum absolute atomic E-state index is 0.0278. The van der Waals surface area contributed by atoms with Gasteiger partial charge in [-0.25, -0.2) is 9.97 Å². The van der Waals surface area contributed by atoms with E-state index in [0.717, 1.165) is 30.0 Å². The molecule has 9 nitrogen and oxygen atoms in total. The van der Waals surface area contributed by atoms with Crippen LogP contribution >= 0.6 is 11.3 Å². The van der Waals surface area contributed by atoms with Crippen molar-refractivity contribution < 1.29 is 9.21 Å².